The van der Waals surface area contributed by atoms with Gasteiger partial charge in [-0.3, -0.25) is 9.59 Å². The van der Waals surface area contributed by atoms with Crippen LogP contribution < -0.4 is 16.6 Å². The van der Waals surface area contributed by atoms with E-state index in [-0.39, 0.29) is 24.2 Å². The highest BCUT2D eigenvalue weighted by molar-refractivity contribution is 5.76. The Kier molecular flexibility index (Phi) is 4.11. The number of nitrogens with zero attached hydrogens (tertiary/aromatic N) is 2. The molecule has 0 unspecified atom stereocenters. The Balaban J connectivity index is 2.35. The Labute approximate surface area is 121 Å². The minimum atomic E-state index is -0.499. The van der Waals surface area contributed by atoms with Crippen LogP contribution in [0.5, 0.6) is 0 Å². The van der Waals surface area contributed by atoms with Gasteiger partial charge in [0.05, 0.1) is 0 Å². The first kappa shape index (κ1) is 14.8. The molecule has 3 N–H and O–H groups in total. The molecule has 1 amide bonds. The van der Waals surface area contributed by atoms with Gasteiger partial charge in [-0.1, -0.05) is 0 Å². The number of nitrogens with two attached hydrogens (primary N) is 1. The van der Waals surface area contributed by atoms with E-state index in [1.165, 1.54) is 6.07 Å². The van der Waals surface area contributed by atoms with Crippen molar-refractivity contribution in [1.29, 1.82) is 0 Å². The average Bonchev–Trinajstić information content (AvgIpc) is 2.80. The number of carbonyl (C=O) groups excluding carboxylic acids is 1. The van der Waals surface area contributed by atoms with Crippen molar-refractivity contribution in [2.75, 3.05) is 5.73 Å². The number of carbonyl (C=O) groups is 1. The summed E-state index contributed by atoms with van der Waals surface area (Å²) in [6.45, 7) is 5.29. The van der Waals surface area contributed by atoms with Gasteiger partial charge in [-0.25, -0.2) is 4.68 Å². The lowest BCUT2D eigenvalue weighted by atomic mass is 10.3. The maximum Gasteiger partial charge on any atom is 0.290 e. The Bertz CT molecular complexity index is 715. The normalized spacial score (nSPS) is 10.9. The smallest absolute Gasteiger partial charge is 0.290 e. The molecule has 0 aliphatic rings. The zero-order valence-electron chi connectivity index (χ0n) is 12.2. The van der Waals surface area contributed by atoms with Crippen LogP contribution in [0.2, 0.25) is 0 Å². The molecular formula is C14H18N4O3. The Morgan fingerprint density at radius 2 is 2.19 bits per heavy atom. The van der Waals surface area contributed by atoms with E-state index >= 15 is 0 Å². The molecule has 2 heterocycles. The first-order chi connectivity index (χ1) is 9.86. The summed E-state index contributed by atoms with van der Waals surface area (Å²) in [5, 5.41) is 6.83. The van der Waals surface area contributed by atoms with Crippen LogP contribution in [0.1, 0.15) is 19.6 Å². The third kappa shape index (κ3) is 3.50. The lowest BCUT2D eigenvalue weighted by molar-refractivity contribution is -0.122. The Hall–Kier alpha value is -2.57. The third-order valence-corrected chi connectivity index (χ3v) is 2.74. The zero-order chi connectivity index (χ0) is 15.6. The van der Waals surface area contributed by atoms with Gasteiger partial charge in [-0.2, -0.15) is 5.10 Å². The second-order valence-electron chi connectivity index (χ2n) is 5.08. The molecule has 0 bridgehead atoms. The van der Waals surface area contributed by atoms with Crippen LogP contribution in [0.3, 0.4) is 0 Å². The minimum Gasteiger partial charge on any atom is -0.460 e. The summed E-state index contributed by atoms with van der Waals surface area (Å²) in [5.74, 6) is 0.921. The van der Waals surface area contributed by atoms with Crippen molar-refractivity contribution in [3.63, 3.8) is 0 Å². The van der Waals surface area contributed by atoms with Gasteiger partial charge < -0.3 is 15.5 Å². The Morgan fingerprint density at radius 1 is 1.48 bits per heavy atom. The highest BCUT2D eigenvalue weighted by atomic mass is 16.3. The van der Waals surface area contributed by atoms with E-state index in [0.717, 1.165) is 10.4 Å². The number of anilines is 1. The fourth-order valence-corrected chi connectivity index (χ4v) is 1.87. The monoisotopic (exact) mass is 290 g/mol. The molecule has 7 heteroatoms. The SMILES string of the molecule is Cc1ccc(-c2cc(N)c(=O)n(CC(=O)NC(C)C)n2)o1. The highest BCUT2D eigenvalue weighted by Gasteiger charge is 2.13. The molecule has 0 radical (unpaired) electrons. The van der Waals surface area contributed by atoms with Crippen LogP contribution >= 0.6 is 0 Å². The van der Waals surface area contributed by atoms with Crippen LogP contribution in [0.15, 0.2) is 27.4 Å². The largest absolute Gasteiger partial charge is 0.460 e. The van der Waals surface area contributed by atoms with E-state index < -0.39 is 5.56 Å². The van der Waals surface area contributed by atoms with Gasteiger partial charge in [0.1, 0.15) is 23.7 Å². The van der Waals surface area contributed by atoms with Gasteiger partial charge in [0, 0.05) is 6.04 Å². The van der Waals surface area contributed by atoms with Crippen molar-refractivity contribution in [2.24, 2.45) is 0 Å². The predicted molar refractivity (Wildman–Crippen MR) is 78.6 cm³/mol. The quantitative estimate of drug-likeness (QED) is 0.871. The number of amides is 1. The van der Waals surface area contributed by atoms with Crippen molar-refractivity contribution in [3.05, 3.63) is 34.3 Å². The van der Waals surface area contributed by atoms with Crippen molar-refractivity contribution in [1.82, 2.24) is 15.1 Å². The van der Waals surface area contributed by atoms with Gasteiger partial charge in [0.25, 0.3) is 5.56 Å². The molecule has 0 aliphatic heterocycles. The topological polar surface area (TPSA) is 103 Å². The van der Waals surface area contributed by atoms with Crippen LogP contribution in [-0.4, -0.2) is 21.7 Å². The summed E-state index contributed by atoms with van der Waals surface area (Å²) in [4.78, 5) is 23.7. The van der Waals surface area contributed by atoms with Gasteiger partial charge in [-0.05, 0) is 39.0 Å². The molecular weight excluding hydrogens is 272 g/mol. The summed E-state index contributed by atoms with van der Waals surface area (Å²) in [6.07, 6.45) is 0. The molecule has 0 saturated carbocycles. The number of nitrogen functional groups attached to an aromatic ring is 1. The van der Waals surface area contributed by atoms with E-state index in [4.69, 9.17) is 10.2 Å². The number of furan rings is 1. The second-order valence-corrected chi connectivity index (χ2v) is 5.08. The number of hydrogen-bond donors (Lipinski definition) is 2. The summed E-state index contributed by atoms with van der Waals surface area (Å²) in [5.41, 5.74) is 5.63. The molecule has 2 aromatic rings. The number of rotatable bonds is 4. The average molecular weight is 290 g/mol. The first-order valence-electron chi connectivity index (χ1n) is 6.60. The minimum absolute atomic E-state index is 0.0125. The zero-order valence-corrected chi connectivity index (χ0v) is 12.2. The molecule has 0 fully saturated rings. The van der Waals surface area contributed by atoms with Gasteiger partial charge in [0.15, 0.2) is 5.76 Å². The fourth-order valence-electron chi connectivity index (χ4n) is 1.87. The lowest BCUT2D eigenvalue weighted by Gasteiger charge is -2.10. The molecule has 0 aliphatic carbocycles. The maximum absolute atomic E-state index is 11.9. The van der Waals surface area contributed by atoms with Crippen LogP contribution in [0.4, 0.5) is 5.69 Å². The number of hydrogen-bond acceptors (Lipinski definition) is 5. The molecule has 2 rings (SSSR count). The van der Waals surface area contributed by atoms with Crippen LogP contribution in [-0.2, 0) is 11.3 Å². The summed E-state index contributed by atoms with van der Waals surface area (Å²) in [7, 11) is 0. The van der Waals surface area contributed by atoms with Crippen molar-refractivity contribution in [2.45, 2.75) is 33.4 Å². The second kappa shape index (κ2) is 5.82. The molecule has 0 atom stereocenters. The van der Waals surface area contributed by atoms with Crippen molar-refractivity contribution < 1.29 is 9.21 Å². The lowest BCUT2D eigenvalue weighted by Crippen LogP contribution is -2.37. The molecule has 112 valence electrons. The Morgan fingerprint density at radius 3 is 2.76 bits per heavy atom. The molecule has 0 spiro atoms. The van der Waals surface area contributed by atoms with Crippen molar-refractivity contribution >= 4 is 11.6 Å². The van der Waals surface area contributed by atoms with E-state index in [0.29, 0.717) is 11.5 Å². The fraction of sp³-hybridized carbons (Fsp3) is 0.357. The van der Waals surface area contributed by atoms with Crippen LogP contribution in [0, 0.1) is 6.92 Å². The van der Waals surface area contributed by atoms with E-state index in [2.05, 4.69) is 10.4 Å². The van der Waals surface area contributed by atoms with Gasteiger partial charge in [-0.15, -0.1) is 0 Å². The van der Waals surface area contributed by atoms with E-state index in [1.54, 1.807) is 19.1 Å². The molecule has 0 aromatic carbocycles. The molecule has 21 heavy (non-hydrogen) atoms. The highest BCUT2D eigenvalue weighted by Crippen LogP contribution is 2.19. The van der Waals surface area contributed by atoms with E-state index in [9.17, 15) is 9.59 Å². The standard InChI is InChI=1S/C14H18N4O3/c1-8(2)16-13(19)7-18-14(20)10(15)6-11(17-18)12-5-4-9(3)21-12/h4-6,8H,7,15H2,1-3H3,(H,16,19). The van der Waals surface area contributed by atoms with Gasteiger partial charge in [0.2, 0.25) is 5.91 Å². The third-order valence-electron chi connectivity index (χ3n) is 2.74. The molecule has 2 aromatic heterocycles. The molecule has 7 nitrogen and oxygen atoms in total. The predicted octanol–water partition coefficient (Wildman–Crippen LogP) is 0.919. The van der Waals surface area contributed by atoms with Gasteiger partial charge >= 0.3 is 0 Å². The maximum atomic E-state index is 11.9. The number of aryl methyl sites for hydroxylation is 1. The number of nitrogens with one attached hydrogen (secondary N) is 1. The number of aromatic nitrogens is 2. The van der Waals surface area contributed by atoms with Crippen LogP contribution in [0.25, 0.3) is 11.5 Å². The summed E-state index contributed by atoms with van der Waals surface area (Å²) in [6, 6.07) is 4.95. The van der Waals surface area contributed by atoms with E-state index in [1.807, 2.05) is 13.8 Å². The summed E-state index contributed by atoms with van der Waals surface area (Å²) < 4.78 is 6.50. The molecule has 0 saturated heterocycles. The summed E-state index contributed by atoms with van der Waals surface area (Å²) >= 11 is 0. The first-order valence-corrected chi connectivity index (χ1v) is 6.60. The van der Waals surface area contributed by atoms with Crippen molar-refractivity contribution in [3.8, 4) is 11.5 Å².